The fraction of sp³-hybridized carbons (Fsp3) is 0.905. The molecule has 0 unspecified atom stereocenters. The highest BCUT2D eigenvalue weighted by Gasteiger charge is 1.98. The van der Waals surface area contributed by atoms with Crippen LogP contribution in [0.5, 0.6) is 0 Å². The van der Waals surface area contributed by atoms with Gasteiger partial charge in [-0.1, -0.05) is 110 Å². The van der Waals surface area contributed by atoms with E-state index in [2.05, 4.69) is 11.1 Å². The first kappa shape index (κ1) is 25.4. The normalized spacial score (nSPS) is 12.1. The summed E-state index contributed by atoms with van der Waals surface area (Å²) in [5.74, 6) is 0. The Morgan fingerprint density at radius 2 is 1.00 bits per heavy atom. The lowest BCUT2D eigenvalue weighted by atomic mass is 10.0. The van der Waals surface area contributed by atoms with Crippen molar-refractivity contribution in [2.75, 3.05) is 0 Å². The van der Waals surface area contributed by atoms with Gasteiger partial charge in [0.25, 0.3) is 0 Å². The standard InChI is InChI=1S/C21H42O4S/c1-2-3-4-5-6-7-8-9-10-11-12-13-14-15-16-17-18-19-20-21-25-26(22,23)24/h20-21H,2-19H2,1H3,(H,22,23,24)/b21-20+. The first-order valence-electron chi connectivity index (χ1n) is 10.9. The van der Waals surface area contributed by atoms with Crippen LogP contribution in [0.2, 0.25) is 0 Å². The van der Waals surface area contributed by atoms with Crippen LogP contribution in [0.15, 0.2) is 12.3 Å². The predicted octanol–water partition coefficient (Wildman–Crippen LogP) is 7.36. The molecule has 0 bridgehead atoms. The fourth-order valence-electron chi connectivity index (χ4n) is 3.16. The number of rotatable bonds is 20. The van der Waals surface area contributed by atoms with Gasteiger partial charge in [-0.15, -0.1) is 0 Å². The van der Waals surface area contributed by atoms with Gasteiger partial charge in [0.15, 0.2) is 0 Å². The molecule has 0 aromatic carbocycles. The molecule has 0 aromatic heterocycles. The highest BCUT2D eigenvalue weighted by molar-refractivity contribution is 7.81. The van der Waals surface area contributed by atoms with Gasteiger partial charge in [0.1, 0.15) is 6.26 Å². The summed E-state index contributed by atoms with van der Waals surface area (Å²) in [6.07, 6.45) is 26.4. The molecule has 1 N–H and O–H groups in total. The second-order valence-electron chi connectivity index (χ2n) is 7.34. The molecule has 0 aliphatic rings. The third-order valence-corrected chi connectivity index (χ3v) is 5.10. The molecule has 0 saturated heterocycles. The summed E-state index contributed by atoms with van der Waals surface area (Å²) in [5, 5.41) is 0. The van der Waals surface area contributed by atoms with Crippen LogP contribution in [-0.2, 0) is 14.6 Å². The SMILES string of the molecule is CCCCCCCCCCCCCCCCCCC/C=C/OS(=O)(=O)O. The second kappa shape index (κ2) is 19.2. The van der Waals surface area contributed by atoms with Crippen molar-refractivity contribution in [2.45, 2.75) is 122 Å². The van der Waals surface area contributed by atoms with E-state index in [0.717, 1.165) is 25.5 Å². The summed E-state index contributed by atoms with van der Waals surface area (Å²) in [5.41, 5.74) is 0. The van der Waals surface area contributed by atoms with Crippen LogP contribution in [0, 0.1) is 0 Å². The third kappa shape index (κ3) is 23.4. The van der Waals surface area contributed by atoms with Crippen molar-refractivity contribution in [3.05, 3.63) is 12.3 Å². The molecule has 0 aromatic rings. The average Bonchev–Trinajstić information content (AvgIpc) is 2.59. The average molecular weight is 391 g/mol. The Morgan fingerprint density at radius 1 is 0.654 bits per heavy atom. The minimum absolute atomic E-state index is 0.786. The maximum Gasteiger partial charge on any atom is 0.445 e. The zero-order chi connectivity index (χ0) is 19.3. The van der Waals surface area contributed by atoms with Gasteiger partial charge in [-0.05, 0) is 18.9 Å². The first-order chi connectivity index (χ1) is 12.6. The zero-order valence-electron chi connectivity index (χ0n) is 17.0. The van der Waals surface area contributed by atoms with E-state index in [-0.39, 0.29) is 0 Å². The van der Waals surface area contributed by atoms with E-state index in [1.165, 1.54) is 96.3 Å². The molecule has 0 spiro atoms. The summed E-state index contributed by atoms with van der Waals surface area (Å²) >= 11 is 0. The number of unbranched alkanes of at least 4 members (excludes halogenated alkanes) is 17. The van der Waals surface area contributed by atoms with E-state index in [4.69, 9.17) is 4.55 Å². The lowest BCUT2D eigenvalue weighted by Gasteiger charge is -2.03. The highest BCUT2D eigenvalue weighted by Crippen LogP contribution is 2.14. The van der Waals surface area contributed by atoms with Gasteiger partial charge in [-0.2, -0.15) is 8.42 Å². The summed E-state index contributed by atoms with van der Waals surface area (Å²) in [4.78, 5) is 0. The molecule has 5 heteroatoms. The van der Waals surface area contributed by atoms with E-state index >= 15 is 0 Å². The van der Waals surface area contributed by atoms with Crippen molar-refractivity contribution in [2.24, 2.45) is 0 Å². The molecule has 156 valence electrons. The Balaban J connectivity index is 3.09. The lowest BCUT2D eigenvalue weighted by Crippen LogP contribution is -1.96. The molecule has 0 rings (SSSR count). The molecule has 0 aliphatic carbocycles. The van der Waals surface area contributed by atoms with Gasteiger partial charge in [-0.3, -0.25) is 4.55 Å². The number of hydrogen-bond acceptors (Lipinski definition) is 3. The van der Waals surface area contributed by atoms with E-state index in [9.17, 15) is 8.42 Å². The summed E-state index contributed by atoms with van der Waals surface area (Å²) in [6, 6.07) is 0. The van der Waals surface area contributed by atoms with Crippen LogP contribution in [0.3, 0.4) is 0 Å². The lowest BCUT2D eigenvalue weighted by molar-refractivity contribution is 0.355. The molecule has 0 radical (unpaired) electrons. The Bertz CT molecular complexity index is 404. The van der Waals surface area contributed by atoms with Crippen LogP contribution in [0.4, 0.5) is 0 Å². The number of hydrogen-bond donors (Lipinski definition) is 1. The Morgan fingerprint density at radius 3 is 1.35 bits per heavy atom. The maximum absolute atomic E-state index is 10.3. The van der Waals surface area contributed by atoms with Gasteiger partial charge in [-0.25, -0.2) is 0 Å². The van der Waals surface area contributed by atoms with Gasteiger partial charge in [0, 0.05) is 0 Å². The first-order valence-corrected chi connectivity index (χ1v) is 12.2. The summed E-state index contributed by atoms with van der Waals surface area (Å²) in [7, 11) is -4.33. The quantitative estimate of drug-likeness (QED) is 0.134. The molecule has 0 amide bonds. The van der Waals surface area contributed by atoms with E-state index in [0.29, 0.717) is 0 Å². The molecule has 0 atom stereocenters. The minimum atomic E-state index is -4.33. The Hall–Kier alpha value is -0.550. The molecule has 0 fully saturated rings. The van der Waals surface area contributed by atoms with Crippen LogP contribution in [0.25, 0.3) is 0 Å². The summed E-state index contributed by atoms with van der Waals surface area (Å²) < 4.78 is 33.1. The predicted molar refractivity (Wildman–Crippen MR) is 111 cm³/mol. The molecule has 26 heavy (non-hydrogen) atoms. The molecule has 0 saturated carbocycles. The van der Waals surface area contributed by atoms with Crippen LogP contribution in [0.1, 0.15) is 122 Å². The van der Waals surface area contributed by atoms with E-state index in [1.54, 1.807) is 6.08 Å². The summed E-state index contributed by atoms with van der Waals surface area (Å²) in [6.45, 7) is 2.27. The Kier molecular flexibility index (Phi) is 18.8. The molecular weight excluding hydrogens is 348 g/mol. The third-order valence-electron chi connectivity index (χ3n) is 4.75. The van der Waals surface area contributed by atoms with Crippen molar-refractivity contribution in [1.29, 1.82) is 0 Å². The fourth-order valence-corrected chi connectivity index (χ4v) is 3.38. The topological polar surface area (TPSA) is 63.6 Å². The van der Waals surface area contributed by atoms with Gasteiger partial charge >= 0.3 is 10.4 Å². The molecule has 4 nitrogen and oxygen atoms in total. The van der Waals surface area contributed by atoms with Gasteiger partial charge in [0.05, 0.1) is 0 Å². The van der Waals surface area contributed by atoms with Crippen molar-refractivity contribution in [1.82, 2.24) is 0 Å². The zero-order valence-corrected chi connectivity index (χ0v) is 17.8. The number of allylic oxidation sites excluding steroid dienone is 1. The van der Waals surface area contributed by atoms with Crippen molar-refractivity contribution in [3.63, 3.8) is 0 Å². The molecule has 0 heterocycles. The van der Waals surface area contributed by atoms with Gasteiger partial charge < -0.3 is 4.18 Å². The van der Waals surface area contributed by atoms with Gasteiger partial charge in [0.2, 0.25) is 0 Å². The van der Waals surface area contributed by atoms with Crippen LogP contribution in [-0.4, -0.2) is 13.0 Å². The minimum Gasteiger partial charge on any atom is -0.370 e. The van der Waals surface area contributed by atoms with Crippen LogP contribution >= 0.6 is 0 Å². The van der Waals surface area contributed by atoms with Crippen molar-refractivity contribution < 1.29 is 17.2 Å². The largest absolute Gasteiger partial charge is 0.445 e. The molecular formula is C21H42O4S. The maximum atomic E-state index is 10.3. The van der Waals surface area contributed by atoms with E-state index in [1.807, 2.05) is 0 Å². The van der Waals surface area contributed by atoms with Crippen LogP contribution < -0.4 is 0 Å². The smallest absolute Gasteiger partial charge is 0.370 e. The van der Waals surface area contributed by atoms with Crippen molar-refractivity contribution >= 4 is 10.4 Å². The Labute approximate surface area is 162 Å². The second-order valence-corrected chi connectivity index (χ2v) is 8.39. The molecule has 0 aliphatic heterocycles. The van der Waals surface area contributed by atoms with E-state index < -0.39 is 10.4 Å². The van der Waals surface area contributed by atoms with Crippen molar-refractivity contribution in [3.8, 4) is 0 Å². The highest BCUT2D eigenvalue weighted by atomic mass is 32.3. The monoisotopic (exact) mass is 390 g/mol.